The van der Waals surface area contributed by atoms with Gasteiger partial charge in [0.25, 0.3) is 0 Å². The molecule has 0 spiro atoms. The summed E-state index contributed by atoms with van der Waals surface area (Å²) in [7, 11) is 0. The maximum absolute atomic E-state index is 2.44. The van der Waals surface area contributed by atoms with Crippen LogP contribution in [-0.2, 0) is 23.2 Å². The first kappa shape index (κ1) is 19.9. The molecule has 4 rings (SSSR count). The molecule has 1 aromatic heterocycles. The zero-order chi connectivity index (χ0) is 15.1. The maximum atomic E-state index is 2.44. The minimum atomic E-state index is -0.669. The van der Waals surface area contributed by atoms with Crippen molar-refractivity contribution in [1.82, 2.24) is 4.57 Å². The molecule has 2 aromatic rings. The first-order valence-electron chi connectivity index (χ1n) is 7.81. The normalized spacial score (nSPS) is 17.3. The number of hydrogen-bond donors (Lipinski definition) is 0. The topological polar surface area (TPSA) is 4.93 Å². The van der Waals surface area contributed by atoms with Gasteiger partial charge in [-0.3, -0.25) is 0 Å². The van der Waals surface area contributed by atoms with Crippen LogP contribution in [0.5, 0.6) is 0 Å². The second-order valence-electron chi connectivity index (χ2n) is 6.09. The molecule has 4 heteroatoms. The van der Waals surface area contributed by atoms with Gasteiger partial charge in [-0.25, -0.2) is 0 Å². The van der Waals surface area contributed by atoms with Crippen LogP contribution in [0.1, 0.15) is 32.3 Å². The van der Waals surface area contributed by atoms with Gasteiger partial charge >= 0.3 is 144 Å². The molecule has 0 saturated carbocycles. The molecule has 0 fully saturated rings. The summed E-state index contributed by atoms with van der Waals surface area (Å²) in [6, 6.07) is 8.82. The Hall–Kier alpha value is -0.437. The summed E-state index contributed by atoms with van der Waals surface area (Å²) in [5.74, 6) is 0. The van der Waals surface area contributed by atoms with E-state index in [-0.39, 0.29) is 34.0 Å². The van der Waals surface area contributed by atoms with Crippen LogP contribution in [0.2, 0.25) is 0 Å². The van der Waals surface area contributed by atoms with Crippen LogP contribution in [-0.4, -0.2) is 4.57 Å². The first-order valence-corrected chi connectivity index (χ1v) is 10.5. The van der Waals surface area contributed by atoms with E-state index < -0.39 is 23.2 Å². The average Bonchev–Trinajstić information content (AvgIpc) is 3.24. The molecule has 1 unspecified atom stereocenters. The summed E-state index contributed by atoms with van der Waals surface area (Å²) >= 11 is -0.669. The second kappa shape index (κ2) is 8.30. The number of nitrogens with zero attached hydrogens (tertiary/aromatic N) is 1. The maximum Gasteiger partial charge on any atom is -1.00 e. The fourth-order valence-electron chi connectivity index (χ4n) is 3.42. The van der Waals surface area contributed by atoms with E-state index >= 15 is 0 Å². The third-order valence-electron chi connectivity index (χ3n) is 4.60. The van der Waals surface area contributed by atoms with Crippen LogP contribution in [0.25, 0.3) is 11.8 Å². The van der Waals surface area contributed by atoms with Gasteiger partial charge in [-0.2, -0.15) is 0 Å². The number of aromatic nitrogens is 1. The molecule has 1 aromatic carbocycles. The minimum absolute atomic E-state index is 0. The number of hydrogen-bond acceptors (Lipinski definition) is 0. The molecule has 24 heavy (non-hydrogen) atoms. The summed E-state index contributed by atoms with van der Waals surface area (Å²) in [6.45, 7) is 4.52. The van der Waals surface area contributed by atoms with E-state index in [1.165, 1.54) is 28.8 Å². The quantitative estimate of drug-likeness (QED) is 0.491. The number of halogens is 2. The van der Waals surface area contributed by atoms with Crippen LogP contribution >= 0.6 is 0 Å². The Labute approximate surface area is 176 Å². The number of rotatable bonds is 3. The van der Waals surface area contributed by atoms with Crippen LogP contribution in [0.4, 0.5) is 0 Å². The van der Waals surface area contributed by atoms with Gasteiger partial charge < -0.3 is 34.0 Å². The van der Waals surface area contributed by atoms with E-state index in [9.17, 15) is 0 Å². The molecule has 0 N–H and O–H groups in total. The number of allylic oxidation sites excluding steroid dienone is 5. The summed E-state index contributed by atoms with van der Waals surface area (Å²) in [6.07, 6.45) is 14.9. The van der Waals surface area contributed by atoms with Gasteiger partial charge in [0, 0.05) is 0 Å². The second-order valence-corrected chi connectivity index (χ2v) is 9.80. The van der Waals surface area contributed by atoms with Crippen molar-refractivity contribution in [2.24, 2.45) is 0 Å². The molecular weight excluding hydrogens is 505 g/mol. The van der Waals surface area contributed by atoms with Gasteiger partial charge in [0.1, 0.15) is 0 Å². The molecule has 0 amide bonds. The molecular formula is C20H19Br2NZr. The monoisotopic (exact) mass is 521 g/mol. The SMILES string of the molecule is Cc1ccc(C)c2c1C=C(n1cccc1)[CH]2[Zr+2][C]1=CC=CC1.[Br-].[Br-]. The Balaban J connectivity index is 0.00000104. The zero-order valence-electron chi connectivity index (χ0n) is 13.8. The van der Waals surface area contributed by atoms with Crippen molar-refractivity contribution in [3.8, 4) is 0 Å². The van der Waals surface area contributed by atoms with Gasteiger partial charge in [-0.1, -0.05) is 0 Å². The van der Waals surface area contributed by atoms with Crippen molar-refractivity contribution in [2.45, 2.75) is 23.9 Å². The predicted molar refractivity (Wildman–Crippen MR) is 89.1 cm³/mol. The van der Waals surface area contributed by atoms with Crippen molar-refractivity contribution >= 4 is 11.8 Å². The molecule has 122 valence electrons. The Kier molecular flexibility index (Phi) is 6.87. The molecule has 2 aliphatic carbocycles. The molecule has 1 atom stereocenters. The molecule has 0 aliphatic heterocycles. The predicted octanol–water partition coefficient (Wildman–Crippen LogP) is -0.908. The Morgan fingerprint density at radius 3 is 2.42 bits per heavy atom. The van der Waals surface area contributed by atoms with Crippen LogP contribution in [0.3, 0.4) is 0 Å². The number of aryl methyl sites for hydroxylation is 2. The largest absolute Gasteiger partial charge is 1.00 e. The van der Waals surface area contributed by atoms with E-state index in [0.29, 0.717) is 3.63 Å². The Bertz CT molecular complexity index is 816. The molecule has 0 bridgehead atoms. The van der Waals surface area contributed by atoms with Crippen LogP contribution in [0, 0.1) is 13.8 Å². The van der Waals surface area contributed by atoms with E-state index in [1.807, 2.05) is 0 Å². The standard InChI is InChI=1S/C15H14N.C5H5.2BrH.Zr/c1-11-5-6-12(2)15-10-13(9-14(11)15)16-7-3-4-8-16;1-2-4-5-3-1;;;/h3-10H,1-2H3;1-3H,4H2;2*1H;/q;;;;+2/p-2. The van der Waals surface area contributed by atoms with Gasteiger partial charge in [0.15, 0.2) is 0 Å². The van der Waals surface area contributed by atoms with Crippen molar-refractivity contribution in [3.63, 3.8) is 0 Å². The molecule has 0 radical (unpaired) electrons. The molecule has 2 aliphatic rings. The van der Waals surface area contributed by atoms with E-state index in [0.717, 1.165) is 0 Å². The Morgan fingerprint density at radius 2 is 1.75 bits per heavy atom. The summed E-state index contributed by atoms with van der Waals surface area (Å²) in [5.41, 5.74) is 7.42. The number of benzene rings is 1. The van der Waals surface area contributed by atoms with Gasteiger partial charge in [0.05, 0.1) is 0 Å². The van der Waals surface area contributed by atoms with Gasteiger partial charge in [0.2, 0.25) is 0 Å². The third kappa shape index (κ3) is 3.57. The van der Waals surface area contributed by atoms with Crippen molar-refractivity contribution in [1.29, 1.82) is 0 Å². The smallest absolute Gasteiger partial charge is 1.00 e. The van der Waals surface area contributed by atoms with Crippen molar-refractivity contribution < 1.29 is 57.2 Å². The van der Waals surface area contributed by atoms with Crippen LogP contribution in [0.15, 0.2) is 58.2 Å². The first-order chi connectivity index (χ1) is 10.7. The Morgan fingerprint density at radius 1 is 1.04 bits per heavy atom. The van der Waals surface area contributed by atoms with Crippen molar-refractivity contribution in [2.75, 3.05) is 0 Å². The summed E-state index contributed by atoms with van der Waals surface area (Å²) in [4.78, 5) is 0. The summed E-state index contributed by atoms with van der Waals surface area (Å²) < 4.78 is 4.67. The fourth-order valence-corrected chi connectivity index (χ4v) is 7.62. The van der Waals surface area contributed by atoms with Gasteiger partial charge in [-0.05, 0) is 0 Å². The molecule has 0 saturated heterocycles. The fraction of sp³-hybridized carbons (Fsp3) is 0.200. The zero-order valence-corrected chi connectivity index (χ0v) is 19.4. The molecule has 1 heterocycles. The minimum Gasteiger partial charge on any atom is -1.00 e. The third-order valence-corrected chi connectivity index (χ3v) is 8.57. The van der Waals surface area contributed by atoms with Crippen LogP contribution < -0.4 is 34.0 Å². The molecule has 1 nitrogen and oxygen atoms in total. The van der Waals surface area contributed by atoms with Crippen molar-refractivity contribution in [3.05, 3.63) is 80.4 Å². The summed E-state index contributed by atoms with van der Waals surface area (Å²) in [5, 5.41) is 0. The van der Waals surface area contributed by atoms with E-state index in [2.05, 4.69) is 79.4 Å². The number of fused-ring (bicyclic) bond motifs is 1. The average molecular weight is 524 g/mol. The van der Waals surface area contributed by atoms with E-state index in [4.69, 9.17) is 0 Å². The van der Waals surface area contributed by atoms with E-state index in [1.54, 1.807) is 8.84 Å². The van der Waals surface area contributed by atoms with Gasteiger partial charge in [-0.15, -0.1) is 0 Å².